The van der Waals surface area contributed by atoms with Crippen LogP contribution in [0.4, 0.5) is 0 Å². The maximum Gasteiger partial charge on any atom is 0.494 e. The van der Waals surface area contributed by atoms with Crippen molar-refractivity contribution >= 4 is 24.2 Å². The van der Waals surface area contributed by atoms with Crippen molar-refractivity contribution in [3.63, 3.8) is 0 Å². The number of likely N-dealkylation sites (N-methyl/N-ethyl adjacent to an activating group) is 1. The molecule has 4 rings (SSSR count). The van der Waals surface area contributed by atoms with Crippen LogP contribution in [0.2, 0.25) is 5.02 Å². The summed E-state index contributed by atoms with van der Waals surface area (Å²) < 4.78 is 12.5. The Balaban J connectivity index is 1.69. The number of rotatable bonds is 2. The van der Waals surface area contributed by atoms with Gasteiger partial charge in [0.15, 0.2) is 0 Å². The zero-order valence-corrected chi connectivity index (χ0v) is 17.9. The van der Waals surface area contributed by atoms with E-state index in [0.717, 1.165) is 24.1 Å². The van der Waals surface area contributed by atoms with E-state index in [-0.39, 0.29) is 30.0 Å². The molecule has 4 nitrogen and oxygen atoms in total. The van der Waals surface area contributed by atoms with Crippen molar-refractivity contribution in [1.82, 2.24) is 4.90 Å². The molecule has 2 aliphatic heterocycles. The minimum Gasteiger partial charge on any atom is -0.506 e. The number of phenols is 1. The van der Waals surface area contributed by atoms with Gasteiger partial charge in [-0.25, -0.2) is 0 Å². The predicted molar refractivity (Wildman–Crippen MR) is 113 cm³/mol. The molecule has 1 N–H and O–H groups in total. The van der Waals surface area contributed by atoms with Crippen molar-refractivity contribution in [2.75, 3.05) is 13.6 Å². The van der Waals surface area contributed by atoms with Crippen LogP contribution in [-0.2, 0) is 15.9 Å². The molecule has 2 aromatic rings. The van der Waals surface area contributed by atoms with Gasteiger partial charge in [-0.15, -0.1) is 0 Å². The largest absolute Gasteiger partial charge is 0.506 e. The first kappa shape index (κ1) is 19.8. The van der Waals surface area contributed by atoms with E-state index in [4.69, 9.17) is 20.9 Å². The Hall–Kier alpha value is -1.53. The molecule has 1 saturated heterocycles. The number of fused-ring (bicyclic) bond motifs is 1. The molecule has 1 unspecified atom stereocenters. The summed E-state index contributed by atoms with van der Waals surface area (Å²) in [4.78, 5) is 2.31. The highest BCUT2D eigenvalue weighted by Gasteiger charge is 2.51. The number of nitrogens with zero attached hydrogens (tertiary/aromatic N) is 1. The molecular formula is C22H27BClNO3. The van der Waals surface area contributed by atoms with E-state index in [1.54, 1.807) is 6.07 Å². The molecule has 28 heavy (non-hydrogen) atoms. The molecule has 0 amide bonds. The van der Waals surface area contributed by atoms with Crippen LogP contribution in [0.5, 0.6) is 5.75 Å². The van der Waals surface area contributed by atoms with Crippen LogP contribution in [0.15, 0.2) is 36.4 Å². The molecule has 0 bridgehead atoms. The van der Waals surface area contributed by atoms with Crippen molar-refractivity contribution in [3.8, 4) is 5.75 Å². The highest BCUT2D eigenvalue weighted by Crippen LogP contribution is 2.38. The summed E-state index contributed by atoms with van der Waals surface area (Å²) in [6.45, 7) is 10.1. The van der Waals surface area contributed by atoms with E-state index < -0.39 is 0 Å². The van der Waals surface area contributed by atoms with Crippen LogP contribution in [0.1, 0.15) is 50.3 Å². The molecule has 6 heteroatoms. The van der Waals surface area contributed by atoms with Crippen molar-refractivity contribution in [1.29, 1.82) is 0 Å². The molecule has 148 valence electrons. The molecular weight excluding hydrogens is 373 g/mol. The summed E-state index contributed by atoms with van der Waals surface area (Å²) in [5, 5.41) is 10.2. The summed E-state index contributed by atoms with van der Waals surface area (Å²) in [5.74, 6) is 0.324. The van der Waals surface area contributed by atoms with Gasteiger partial charge in [0.05, 0.1) is 16.2 Å². The third-order valence-electron chi connectivity index (χ3n) is 6.38. The smallest absolute Gasteiger partial charge is 0.494 e. The number of aromatic hydroxyl groups is 1. The molecule has 0 aliphatic carbocycles. The van der Waals surface area contributed by atoms with Gasteiger partial charge in [-0.3, -0.25) is 0 Å². The van der Waals surface area contributed by atoms with Gasteiger partial charge in [0.25, 0.3) is 0 Å². The Labute approximate surface area is 172 Å². The first-order chi connectivity index (χ1) is 13.1. The van der Waals surface area contributed by atoms with Crippen LogP contribution in [0.3, 0.4) is 0 Å². The van der Waals surface area contributed by atoms with Crippen LogP contribution in [0, 0.1) is 0 Å². The SMILES string of the molecule is CN1Cc2cc(B3OC(C)(C)C(C)(C)O3)ccc2C(c2ccc(O)c(Cl)c2)C1. The standard InChI is InChI=1S/C22H27BClNO3/c1-21(2)22(3,4)28-23(27-21)16-7-8-17-15(10-16)12-25(5)13-18(17)14-6-9-20(26)19(24)11-14/h6-11,18,26H,12-13H2,1-5H3. The van der Waals surface area contributed by atoms with Gasteiger partial charge in [-0.2, -0.15) is 0 Å². The Morgan fingerprint density at radius 2 is 1.75 bits per heavy atom. The summed E-state index contributed by atoms with van der Waals surface area (Å²) in [7, 11) is 1.77. The fourth-order valence-electron chi connectivity index (χ4n) is 4.02. The number of halogens is 1. The molecule has 0 radical (unpaired) electrons. The average Bonchev–Trinajstić information content (AvgIpc) is 2.83. The highest BCUT2D eigenvalue weighted by molar-refractivity contribution is 6.62. The molecule has 2 aliphatic rings. The fourth-order valence-corrected chi connectivity index (χ4v) is 4.21. The Kier molecular flexibility index (Phi) is 4.78. The zero-order chi connectivity index (χ0) is 20.3. The molecule has 0 aromatic heterocycles. The molecule has 0 spiro atoms. The second-order valence-corrected chi connectivity index (χ2v) is 9.41. The first-order valence-corrected chi connectivity index (χ1v) is 10.1. The van der Waals surface area contributed by atoms with Crippen molar-refractivity contribution in [3.05, 3.63) is 58.1 Å². The van der Waals surface area contributed by atoms with Crippen LogP contribution in [-0.4, -0.2) is 41.9 Å². The van der Waals surface area contributed by atoms with E-state index in [9.17, 15) is 5.11 Å². The number of hydrogen-bond acceptors (Lipinski definition) is 4. The van der Waals surface area contributed by atoms with Gasteiger partial charge < -0.3 is 19.3 Å². The van der Waals surface area contributed by atoms with Crippen LogP contribution < -0.4 is 5.46 Å². The second-order valence-electron chi connectivity index (χ2n) is 9.01. The molecule has 1 atom stereocenters. The lowest BCUT2D eigenvalue weighted by molar-refractivity contribution is 0.00578. The fraction of sp³-hybridized carbons (Fsp3) is 0.455. The normalized spacial score (nSPS) is 23.6. The molecule has 1 fully saturated rings. The third kappa shape index (κ3) is 3.35. The van der Waals surface area contributed by atoms with Gasteiger partial charge in [0.2, 0.25) is 0 Å². The van der Waals surface area contributed by atoms with Gasteiger partial charge in [-0.05, 0) is 69.0 Å². The van der Waals surface area contributed by atoms with Crippen LogP contribution in [0.25, 0.3) is 0 Å². The van der Waals surface area contributed by atoms with E-state index in [1.807, 2.05) is 12.1 Å². The van der Waals surface area contributed by atoms with Crippen LogP contribution >= 0.6 is 11.6 Å². The third-order valence-corrected chi connectivity index (χ3v) is 6.68. The van der Waals surface area contributed by atoms with E-state index in [2.05, 4.69) is 57.8 Å². The lowest BCUT2D eigenvalue weighted by Gasteiger charge is -2.33. The van der Waals surface area contributed by atoms with Gasteiger partial charge >= 0.3 is 7.12 Å². The first-order valence-electron chi connectivity index (χ1n) is 9.73. The summed E-state index contributed by atoms with van der Waals surface area (Å²) in [6, 6.07) is 12.0. The van der Waals surface area contributed by atoms with Crippen molar-refractivity contribution in [2.45, 2.75) is 51.4 Å². The predicted octanol–water partition coefficient (Wildman–Crippen LogP) is 3.92. The number of benzene rings is 2. The maximum absolute atomic E-state index is 9.76. The average molecular weight is 400 g/mol. The second kappa shape index (κ2) is 6.77. The van der Waals surface area contributed by atoms with Gasteiger partial charge in [-0.1, -0.05) is 35.9 Å². The van der Waals surface area contributed by atoms with E-state index >= 15 is 0 Å². The topological polar surface area (TPSA) is 41.9 Å². The lowest BCUT2D eigenvalue weighted by Crippen LogP contribution is -2.41. The Morgan fingerprint density at radius 1 is 1.07 bits per heavy atom. The Bertz CT molecular complexity index is 899. The monoisotopic (exact) mass is 399 g/mol. The minimum atomic E-state index is -0.357. The molecule has 2 heterocycles. The van der Waals surface area contributed by atoms with E-state index in [0.29, 0.717) is 5.02 Å². The van der Waals surface area contributed by atoms with E-state index in [1.165, 1.54) is 11.1 Å². The quantitative estimate of drug-likeness (QED) is 0.777. The van der Waals surface area contributed by atoms with Crippen molar-refractivity contribution < 1.29 is 14.4 Å². The molecule has 2 aromatic carbocycles. The number of phenolic OH excluding ortho intramolecular Hbond substituents is 1. The van der Waals surface area contributed by atoms with Gasteiger partial charge in [0.1, 0.15) is 5.75 Å². The maximum atomic E-state index is 9.76. The zero-order valence-electron chi connectivity index (χ0n) is 17.1. The highest BCUT2D eigenvalue weighted by atomic mass is 35.5. The summed E-state index contributed by atoms with van der Waals surface area (Å²) in [6.07, 6.45) is 0. The lowest BCUT2D eigenvalue weighted by atomic mass is 9.75. The summed E-state index contributed by atoms with van der Waals surface area (Å²) >= 11 is 6.16. The molecule has 0 saturated carbocycles. The van der Waals surface area contributed by atoms with Gasteiger partial charge in [0, 0.05) is 19.0 Å². The van der Waals surface area contributed by atoms with Crippen molar-refractivity contribution in [2.24, 2.45) is 0 Å². The number of hydrogen-bond donors (Lipinski definition) is 1. The summed E-state index contributed by atoms with van der Waals surface area (Å²) in [5.41, 5.74) is 4.02. The Morgan fingerprint density at radius 3 is 2.39 bits per heavy atom. The minimum absolute atomic E-state index is 0.117.